The van der Waals surface area contributed by atoms with E-state index in [0.29, 0.717) is 0 Å². The van der Waals surface area contributed by atoms with E-state index < -0.39 is 0 Å². The van der Waals surface area contributed by atoms with Crippen LogP contribution in [0.1, 0.15) is 27.8 Å². The van der Waals surface area contributed by atoms with Crippen LogP contribution in [0.4, 0.5) is 0 Å². The first kappa shape index (κ1) is 41.0. The molecule has 0 fully saturated rings. The Bertz CT molecular complexity index is 3040. The van der Waals surface area contributed by atoms with Crippen molar-refractivity contribution in [3.05, 3.63) is 259 Å². The molecular formula is C62H49N3. The minimum atomic E-state index is 0.933. The van der Waals surface area contributed by atoms with E-state index in [1.54, 1.807) is 0 Å². The molecule has 3 heteroatoms. The number of hydrogen-bond acceptors (Lipinski definition) is 3. The zero-order valence-corrected chi connectivity index (χ0v) is 36.6. The van der Waals surface area contributed by atoms with Gasteiger partial charge in [-0.2, -0.15) is 0 Å². The number of nitrogens with zero attached hydrogens (tertiary/aromatic N) is 3. The molecule has 10 rings (SSSR count). The van der Waals surface area contributed by atoms with Crippen LogP contribution >= 0.6 is 0 Å². The van der Waals surface area contributed by atoms with Crippen LogP contribution in [0, 0.1) is 6.92 Å². The second-order valence-electron chi connectivity index (χ2n) is 16.8. The molecule has 312 valence electrons. The highest BCUT2D eigenvalue weighted by Crippen LogP contribution is 2.41. The summed E-state index contributed by atoms with van der Waals surface area (Å²) in [5, 5.41) is 0. The van der Waals surface area contributed by atoms with E-state index in [1.807, 2.05) is 42.9 Å². The molecular weight excluding hydrogens is 787 g/mol. The van der Waals surface area contributed by atoms with Gasteiger partial charge in [0.25, 0.3) is 0 Å². The number of pyridine rings is 3. The first-order valence-electron chi connectivity index (χ1n) is 22.6. The molecule has 0 aliphatic heterocycles. The lowest BCUT2D eigenvalue weighted by Crippen LogP contribution is -1.98. The number of hydrogen-bond donors (Lipinski definition) is 0. The van der Waals surface area contributed by atoms with Crippen molar-refractivity contribution in [1.29, 1.82) is 0 Å². The Kier molecular flexibility index (Phi) is 12.1. The van der Waals surface area contributed by atoms with Crippen molar-refractivity contribution < 1.29 is 0 Å². The largest absolute Gasteiger partial charge is 0.256 e. The van der Waals surface area contributed by atoms with Crippen LogP contribution in [-0.2, 0) is 25.7 Å². The zero-order valence-electron chi connectivity index (χ0n) is 36.6. The van der Waals surface area contributed by atoms with E-state index in [0.717, 1.165) is 65.0 Å². The molecule has 7 aromatic carbocycles. The van der Waals surface area contributed by atoms with Gasteiger partial charge in [-0.15, -0.1) is 0 Å². The highest BCUT2D eigenvalue weighted by atomic mass is 14.7. The van der Waals surface area contributed by atoms with Gasteiger partial charge in [0.05, 0.1) is 17.1 Å². The summed E-state index contributed by atoms with van der Waals surface area (Å²) < 4.78 is 0. The van der Waals surface area contributed by atoms with Crippen molar-refractivity contribution in [3.8, 4) is 78.3 Å². The van der Waals surface area contributed by atoms with E-state index in [4.69, 9.17) is 4.98 Å². The van der Waals surface area contributed by atoms with E-state index in [9.17, 15) is 0 Å². The fourth-order valence-electron chi connectivity index (χ4n) is 8.79. The van der Waals surface area contributed by atoms with Crippen molar-refractivity contribution >= 4 is 0 Å². The standard InChI is InChI=1S/C62H49N3/c1-44-17-36-62(65-43-44)54-34-35-58(59(42-54)51-32-30-50(31-33-51)49-11-3-2-4-12-49)57-14-6-5-13-56(57)55-40-47(20-18-45-22-26-52(27-23-45)60-15-7-9-37-63-60)39-48(41-55)21-19-46-24-28-53(29-25-46)61-16-8-10-38-64-61/h2-17,22-43H,18-21H2,1H3. The number of rotatable bonds is 13. The third-order valence-corrected chi connectivity index (χ3v) is 12.3. The maximum absolute atomic E-state index is 4.83. The summed E-state index contributed by atoms with van der Waals surface area (Å²) in [5.41, 5.74) is 22.4. The lowest BCUT2D eigenvalue weighted by Gasteiger charge is -2.18. The van der Waals surface area contributed by atoms with E-state index >= 15 is 0 Å². The summed E-state index contributed by atoms with van der Waals surface area (Å²) in [6.07, 6.45) is 9.41. The minimum absolute atomic E-state index is 0.933. The average molecular weight is 836 g/mol. The smallest absolute Gasteiger partial charge is 0.0702 e. The van der Waals surface area contributed by atoms with Crippen molar-refractivity contribution in [2.24, 2.45) is 0 Å². The van der Waals surface area contributed by atoms with Gasteiger partial charge in [0.15, 0.2) is 0 Å². The van der Waals surface area contributed by atoms with Crippen LogP contribution in [0.15, 0.2) is 231 Å². The first-order valence-corrected chi connectivity index (χ1v) is 22.6. The highest BCUT2D eigenvalue weighted by molar-refractivity contribution is 5.93. The Morgan fingerprint density at radius 3 is 1.32 bits per heavy atom. The number of aromatic nitrogens is 3. The molecule has 65 heavy (non-hydrogen) atoms. The quantitative estimate of drug-likeness (QED) is 0.116. The molecule has 3 heterocycles. The molecule has 0 spiro atoms. The maximum Gasteiger partial charge on any atom is 0.0702 e. The second-order valence-corrected chi connectivity index (χ2v) is 16.8. The summed E-state index contributed by atoms with van der Waals surface area (Å²) in [7, 11) is 0. The molecule has 0 atom stereocenters. The predicted octanol–water partition coefficient (Wildman–Crippen LogP) is 15.4. The number of benzene rings is 7. The fraction of sp³-hybridized carbons (Fsp3) is 0.0806. The Morgan fingerprint density at radius 1 is 0.277 bits per heavy atom. The fourth-order valence-corrected chi connectivity index (χ4v) is 8.79. The molecule has 0 saturated carbocycles. The topological polar surface area (TPSA) is 38.7 Å². The van der Waals surface area contributed by atoms with Crippen molar-refractivity contribution in [2.45, 2.75) is 32.6 Å². The van der Waals surface area contributed by atoms with Gasteiger partial charge in [-0.1, -0.05) is 176 Å². The first-order chi connectivity index (χ1) is 32.1. The molecule has 0 aliphatic carbocycles. The second kappa shape index (κ2) is 19.2. The van der Waals surface area contributed by atoms with Crippen LogP contribution in [-0.4, -0.2) is 15.0 Å². The SMILES string of the molecule is Cc1ccc(-c2ccc(-c3ccccc3-c3cc(CCc4ccc(-c5ccccn5)cc4)cc(CCc4ccc(-c5ccccn5)cc4)c3)c(-c3ccc(-c4ccccc4)cc3)c2)nc1. The lowest BCUT2D eigenvalue weighted by atomic mass is 9.86. The zero-order chi connectivity index (χ0) is 43.8. The highest BCUT2D eigenvalue weighted by Gasteiger charge is 2.16. The molecule has 3 nitrogen and oxygen atoms in total. The molecule has 0 aliphatic rings. The van der Waals surface area contributed by atoms with Crippen LogP contribution in [0.25, 0.3) is 78.3 Å². The molecule has 0 bridgehead atoms. The van der Waals surface area contributed by atoms with Gasteiger partial charge < -0.3 is 0 Å². The minimum Gasteiger partial charge on any atom is -0.256 e. The van der Waals surface area contributed by atoms with E-state index in [2.05, 4.69) is 205 Å². The molecule has 0 radical (unpaired) electrons. The van der Waals surface area contributed by atoms with Crippen molar-refractivity contribution in [1.82, 2.24) is 15.0 Å². The number of aryl methyl sites for hydroxylation is 5. The summed E-state index contributed by atoms with van der Waals surface area (Å²) >= 11 is 0. The van der Waals surface area contributed by atoms with Gasteiger partial charge in [0, 0.05) is 35.3 Å². The summed E-state index contributed by atoms with van der Waals surface area (Å²) in [5.74, 6) is 0. The van der Waals surface area contributed by atoms with Crippen LogP contribution in [0.3, 0.4) is 0 Å². The summed E-state index contributed by atoms with van der Waals surface area (Å²) in [4.78, 5) is 14.0. The Labute approximate surface area is 382 Å². The summed E-state index contributed by atoms with van der Waals surface area (Å²) in [6, 6.07) is 76.8. The van der Waals surface area contributed by atoms with Gasteiger partial charge in [-0.05, 0) is 141 Å². The van der Waals surface area contributed by atoms with E-state index in [-0.39, 0.29) is 0 Å². The third kappa shape index (κ3) is 9.66. The average Bonchev–Trinajstić information content (AvgIpc) is 3.38. The Hall–Kier alpha value is -8.01. The predicted molar refractivity (Wildman–Crippen MR) is 270 cm³/mol. The monoisotopic (exact) mass is 835 g/mol. The van der Waals surface area contributed by atoms with Crippen LogP contribution in [0.2, 0.25) is 0 Å². The molecule has 0 saturated heterocycles. The normalized spacial score (nSPS) is 11.1. The van der Waals surface area contributed by atoms with Gasteiger partial charge in [0.2, 0.25) is 0 Å². The van der Waals surface area contributed by atoms with Gasteiger partial charge in [-0.3, -0.25) is 15.0 Å². The molecule has 0 amide bonds. The third-order valence-electron chi connectivity index (χ3n) is 12.3. The van der Waals surface area contributed by atoms with Crippen molar-refractivity contribution in [2.75, 3.05) is 0 Å². The van der Waals surface area contributed by atoms with Crippen molar-refractivity contribution in [3.63, 3.8) is 0 Å². The van der Waals surface area contributed by atoms with Gasteiger partial charge in [0.1, 0.15) is 0 Å². The van der Waals surface area contributed by atoms with Crippen LogP contribution in [0.5, 0.6) is 0 Å². The maximum atomic E-state index is 4.83. The summed E-state index contributed by atoms with van der Waals surface area (Å²) in [6.45, 7) is 2.08. The Morgan fingerprint density at radius 2 is 0.754 bits per heavy atom. The van der Waals surface area contributed by atoms with Gasteiger partial charge >= 0.3 is 0 Å². The van der Waals surface area contributed by atoms with E-state index in [1.165, 1.54) is 66.8 Å². The van der Waals surface area contributed by atoms with Crippen LogP contribution < -0.4 is 0 Å². The molecule has 10 aromatic rings. The Balaban J connectivity index is 1.01. The van der Waals surface area contributed by atoms with Gasteiger partial charge in [-0.25, -0.2) is 0 Å². The molecule has 0 unspecified atom stereocenters. The molecule has 3 aromatic heterocycles. The lowest BCUT2D eigenvalue weighted by molar-refractivity contribution is 0.931. The molecule has 0 N–H and O–H groups in total.